The summed E-state index contributed by atoms with van der Waals surface area (Å²) in [5.74, 6) is -0.107. The molecule has 3 aromatic heterocycles. The van der Waals surface area contributed by atoms with Gasteiger partial charge in [0, 0.05) is 19.2 Å². The molecule has 10 nitrogen and oxygen atoms in total. The zero-order valence-electron chi connectivity index (χ0n) is 16.6. The molecule has 0 radical (unpaired) electrons. The first-order chi connectivity index (χ1) is 15.1. The quantitative estimate of drug-likeness (QED) is 0.437. The molecule has 0 amide bonds. The molecule has 0 saturated carbocycles. The number of aryl methyl sites for hydroxylation is 3. The second-order valence-corrected chi connectivity index (χ2v) is 7.46. The van der Waals surface area contributed by atoms with Crippen LogP contribution in [0.3, 0.4) is 0 Å². The van der Waals surface area contributed by atoms with Crippen molar-refractivity contribution in [3.05, 3.63) is 63.8 Å². The average Bonchev–Trinajstić information content (AvgIpc) is 3.50. The fourth-order valence-electron chi connectivity index (χ4n) is 3.86. The van der Waals surface area contributed by atoms with E-state index < -0.39 is 5.97 Å². The monoisotopic (exact) mass is 420 g/mol. The van der Waals surface area contributed by atoms with Crippen molar-refractivity contribution in [3.8, 4) is 11.7 Å². The number of rotatable bonds is 7. The Morgan fingerprint density at radius 1 is 1.19 bits per heavy atom. The summed E-state index contributed by atoms with van der Waals surface area (Å²) in [4.78, 5) is 30.6. The smallest absolute Gasteiger partial charge is 0.338 e. The van der Waals surface area contributed by atoms with Gasteiger partial charge in [0.25, 0.3) is 5.56 Å². The number of hydrogen-bond donors (Lipinski definition) is 2. The van der Waals surface area contributed by atoms with E-state index in [1.807, 2.05) is 6.07 Å². The van der Waals surface area contributed by atoms with Gasteiger partial charge in [-0.05, 0) is 42.5 Å². The van der Waals surface area contributed by atoms with Gasteiger partial charge in [0.15, 0.2) is 5.52 Å². The topological polar surface area (TPSA) is 128 Å². The Hall–Kier alpha value is -3.95. The van der Waals surface area contributed by atoms with Crippen LogP contribution in [0.2, 0.25) is 0 Å². The van der Waals surface area contributed by atoms with Crippen molar-refractivity contribution in [1.82, 2.24) is 29.5 Å². The van der Waals surface area contributed by atoms with Crippen LogP contribution in [0.15, 0.2) is 41.6 Å². The number of benzene rings is 1. The van der Waals surface area contributed by atoms with Gasteiger partial charge < -0.3 is 9.84 Å². The van der Waals surface area contributed by atoms with Gasteiger partial charge in [-0.1, -0.05) is 6.07 Å². The van der Waals surface area contributed by atoms with Crippen molar-refractivity contribution < 1.29 is 14.6 Å². The molecule has 2 N–H and O–H groups in total. The van der Waals surface area contributed by atoms with Gasteiger partial charge in [-0.25, -0.2) is 14.5 Å². The molecule has 5 rings (SSSR count). The maximum Gasteiger partial charge on any atom is 0.338 e. The minimum atomic E-state index is -1.11. The summed E-state index contributed by atoms with van der Waals surface area (Å²) in [7, 11) is 0. The normalized spacial score (nSPS) is 12.9. The number of hydrogen-bond acceptors (Lipinski definition) is 6. The third kappa shape index (κ3) is 3.67. The third-order valence-corrected chi connectivity index (χ3v) is 5.39. The number of H-pyrrole nitrogens is 1. The van der Waals surface area contributed by atoms with E-state index in [1.165, 1.54) is 40.8 Å². The molecule has 1 aromatic carbocycles. The number of carboxylic acid groups (broad SMARTS) is 1. The highest BCUT2D eigenvalue weighted by molar-refractivity contribution is 5.87. The number of aromatic carboxylic acids is 1. The first-order valence-electron chi connectivity index (χ1n) is 10.1. The van der Waals surface area contributed by atoms with Crippen LogP contribution in [-0.2, 0) is 19.4 Å². The Bertz CT molecular complexity index is 1340. The number of aromatic amines is 1. The lowest BCUT2D eigenvalue weighted by Crippen LogP contribution is -2.17. The molecule has 0 unspecified atom stereocenters. The van der Waals surface area contributed by atoms with Crippen LogP contribution in [0, 0.1) is 0 Å². The number of carbonyl (C=O) groups is 1. The Morgan fingerprint density at radius 2 is 2.06 bits per heavy atom. The number of ether oxygens (including phenoxy) is 1. The molecule has 3 heterocycles. The Morgan fingerprint density at radius 3 is 2.90 bits per heavy atom. The van der Waals surface area contributed by atoms with Gasteiger partial charge in [0.2, 0.25) is 5.95 Å². The highest BCUT2D eigenvalue weighted by Crippen LogP contribution is 2.26. The minimum Gasteiger partial charge on any atom is -0.494 e. The molecule has 0 aliphatic heterocycles. The molecular formula is C21H20N6O4. The molecule has 158 valence electrons. The van der Waals surface area contributed by atoms with E-state index in [4.69, 9.17) is 9.84 Å². The van der Waals surface area contributed by atoms with Gasteiger partial charge in [-0.15, -0.1) is 0 Å². The van der Waals surface area contributed by atoms with Crippen molar-refractivity contribution >= 4 is 17.0 Å². The van der Waals surface area contributed by atoms with Gasteiger partial charge >= 0.3 is 5.97 Å². The second-order valence-electron chi connectivity index (χ2n) is 7.46. The zero-order valence-corrected chi connectivity index (χ0v) is 16.6. The fourth-order valence-corrected chi connectivity index (χ4v) is 3.86. The molecule has 0 spiro atoms. The van der Waals surface area contributed by atoms with E-state index >= 15 is 0 Å². The van der Waals surface area contributed by atoms with Crippen LogP contribution in [-0.4, -0.2) is 47.2 Å². The number of carboxylic acids is 1. The van der Waals surface area contributed by atoms with E-state index in [9.17, 15) is 9.59 Å². The Labute approximate surface area is 176 Å². The number of fused-ring (bicyclic) bond motifs is 2. The van der Waals surface area contributed by atoms with Crippen molar-refractivity contribution in [1.29, 1.82) is 0 Å². The molecule has 0 saturated heterocycles. The summed E-state index contributed by atoms with van der Waals surface area (Å²) in [6.07, 6.45) is 8.13. The summed E-state index contributed by atoms with van der Waals surface area (Å²) in [6.45, 7) is 1.01. The summed E-state index contributed by atoms with van der Waals surface area (Å²) in [6, 6.07) is 6.27. The number of nitrogens with one attached hydrogen (secondary N) is 1. The first-order valence-corrected chi connectivity index (χ1v) is 10.1. The molecule has 4 aromatic rings. The largest absolute Gasteiger partial charge is 0.494 e. The Balaban J connectivity index is 1.27. The SMILES string of the molecule is O=C(O)c1cnn(-c2nc3cnn(CCCOc4ccc5c(c4)CCC5)c3c(=O)[nH]2)c1. The molecule has 1 aliphatic rings. The highest BCUT2D eigenvalue weighted by Gasteiger charge is 2.14. The predicted octanol–water partition coefficient (Wildman–Crippen LogP) is 1.96. The molecular weight excluding hydrogens is 400 g/mol. The summed E-state index contributed by atoms with van der Waals surface area (Å²) >= 11 is 0. The molecule has 0 atom stereocenters. The molecule has 10 heteroatoms. The zero-order chi connectivity index (χ0) is 21.4. The van der Waals surface area contributed by atoms with Crippen molar-refractivity contribution in [3.63, 3.8) is 0 Å². The maximum atomic E-state index is 12.6. The number of aromatic nitrogens is 6. The van der Waals surface area contributed by atoms with E-state index in [-0.39, 0.29) is 17.1 Å². The van der Waals surface area contributed by atoms with Gasteiger partial charge in [0.05, 0.1) is 24.6 Å². The van der Waals surface area contributed by atoms with E-state index in [2.05, 4.69) is 32.3 Å². The summed E-state index contributed by atoms with van der Waals surface area (Å²) < 4.78 is 8.68. The van der Waals surface area contributed by atoms with Gasteiger partial charge in [-0.3, -0.25) is 14.5 Å². The van der Waals surface area contributed by atoms with Crippen LogP contribution in [0.1, 0.15) is 34.3 Å². The van der Waals surface area contributed by atoms with Crippen LogP contribution in [0.4, 0.5) is 0 Å². The van der Waals surface area contributed by atoms with E-state index in [0.717, 1.165) is 18.6 Å². The Kier molecular flexibility index (Phi) is 4.73. The molecule has 0 bridgehead atoms. The lowest BCUT2D eigenvalue weighted by atomic mass is 10.1. The van der Waals surface area contributed by atoms with Crippen molar-refractivity contribution in [2.45, 2.75) is 32.2 Å². The molecule has 0 fully saturated rings. The van der Waals surface area contributed by atoms with Crippen molar-refractivity contribution in [2.75, 3.05) is 6.61 Å². The minimum absolute atomic E-state index is 0.00168. The molecule has 1 aliphatic carbocycles. The lowest BCUT2D eigenvalue weighted by molar-refractivity contribution is 0.0697. The highest BCUT2D eigenvalue weighted by atomic mass is 16.5. The fraction of sp³-hybridized carbons (Fsp3) is 0.286. The molecule has 31 heavy (non-hydrogen) atoms. The summed E-state index contributed by atoms with van der Waals surface area (Å²) in [5.41, 5.74) is 3.18. The van der Waals surface area contributed by atoms with E-state index in [1.54, 1.807) is 4.68 Å². The standard InChI is InChI=1S/C21H20N6O4/c28-19-18-17(24-21(25-19)27-12-15(10-22-27)20(29)30)11-23-26(18)7-2-8-31-16-6-5-13-3-1-4-14(13)9-16/h5-6,9-12H,1-4,7-8H2,(H,29,30)(H,24,25,28). The third-order valence-electron chi connectivity index (χ3n) is 5.39. The predicted molar refractivity (Wildman–Crippen MR) is 111 cm³/mol. The second kappa shape index (κ2) is 7.71. The lowest BCUT2D eigenvalue weighted by Gasteiger charge is -2.08. The van der Waals surface area contributed by atoms with E-state index in [0.29, 0.717) is 30.6 Å². The van der Waals surface area contributed by atoms with Gasteiger partial charge in [0.1, 0.15) is 11.3 Å². The van der Waals surface area contributed by atoms with Crippen LogP contribution in [0.25, 0.3) is 17.0 Å². The average molecular weight is 420 g/mol. The van der Waals surface area contributed by atoms with Crippen molar-refractivity contribution in [2.24, 2.45) is 0 Å². The van der Waals surface area contributed by atoms with Crippen LogP contribution >= 0.6 is 0 Å². The van der Waals surface area contributed by atoms with Crippen LogP contribution < -0.4 is 10.3 Å². The summed E-state index contributed by atoms with van der Waals surface area (Å²) in [5, 5.41) is 17.2. The van der Waals surface area contributed by atoms with Crippen LogP contribution in [0.5, 0.6) is 5.75 Å². The van der Waals surface area contributed by atoms with Gasteiger partial charge in [-0.2, -0.15) is 10.2 Å². The first kappa shape index (κ1) is 19.0. The number of nitrogens with zero attached hydrogens (tertiary/aromatic N) is 5. The maximum absolute atomic E-state index is 12.6.